The third-order valence-electron chi connectivity index (χ3n) is 5.11. The maximum absolute atomic E-state index is 12.9. The number of nitrogens with one attached hydrogen (secondary N) is 1. The molecule has 0 aromatic heterocycles. The molecule has 0 radical (unpaired) electrons. The molecule has 0 spiro atoms. The average molecular weight is 406 g/mol. The summed E-state index contributed by atoms with van der Waals surface area (Å²) in [5.41, 5.74) is 0.191. The number of alkyl halides is 3. The molecule has 2 aromatic rings. The Labute approximate surface area is 164 Å². The van der Waals surface area contributed by atoms with Gasteiger partial charge in [0.05, 0.1) is 5.56 Å². The summed E-state index contributed by atoms with van der Waals surface area (Å²) in [4.78, 5) is 26.4. The number of fused-ring (bicyclic) bond motifs is 1. The van der Waals surface area contributed by atoms with Gasteiger partial charge in [-0.25, -0.2) is 0 Å². The smallest absolute Gasteiger partial charge is 0.324 e. The van der Waals surface area contributed by atoms with Crippen LogP contribution in [0.4, 0.5) is 18.9 Å². The lowest BCUT2D eigenvalue weighted by Gasteiger charge is -2.34. The van der Waals surface area contributed by atoms with Crippen molar-refractivity contribution < 1.29 is 22.8 Å². The van der Waals surface area contributed by atoms with Crippen LogP contribution in [0.2, 0.25) is 0 Å². The SMILES string of the molecule is O=C(Nc1cccc(C(F)(F)F)c1)[C@@H]1CS[C@@]2(c3ccccc3)CCC(=O)N12. The van der Waals surface area contributed by atoms with Crippen molar-refractivity contribution in [3.63, 3.8) is 0 Å². The zero-order valence-electron chi connectivity index (χ0n) is 14.7. The van der Waals surface area contributed by atoms with Crippen molar-refractivity contribution in [3.05, 3.63) is 65.7 Å². The second-order valence-corrected chi connectivity index (χ2v) is 8.11. The molecule has 146 valence electrons. The molecule has 1 N–H and O–H groups in total. The summed E-state index contributed by atoms with van der Waals surface area (Å²) in [7, 11) is 0. The largest absolute Gasteiger partial charge is 0.416 e. The quantitative estimate of drug-likeness (QED) is 0.830. The van der Waals surface area contributed by atoms with Crippen LogP contribution in [-0.4, -0.2) is 28.5 Å². The molecule has 2 heterocycles. The summed E-state index contributed by atoms with van der Waals surface area (Å²) in [5.74, 6) is -0.191. The van der Waals surface area contributed by atoms with Gasteiger partial charge < -0.3 is 10.2 Å². The second kappa shape index (κ2) is 6.84. The Morgan fingerprint density at radius 1 is 1.14 bits per heavy atom. The van der Waals surface area contributed by atoms with E-state index < -0.39 is 28.6 Å². The van der Waals surface area contributed by atoms with Crippen LogP contribution in [0.1, 0.15) is 24.0 Å². The van der Waals surface area contributed by atoms with Gasteiger partial charge >= 0.3 is 6.18 Å². The molecule has 4 nitrogen and oxygen atoms in total. The van der Waals surface area contributed by atoms with Crippen LogP contribution in [0.25, 0.3) is 0 Å². The lowest BCUT2D eigenvalue weighted by atomic mass is 10.0. The Kier molecular flexibility index (Phi) is 4.61. The summed E-state index contributed by atoms with van der Waals surface area (Å²) >= 11 is 1.54. The van der Waals surface area contributed by atoms with Gasteiger partial charge in [0, 0.05) is 17.9 Å². The monoisotopic (exact) mass is 406 g/mol. The lowest BCUT2D eigenvalue weighted by molar-refractivity contribution is -0.137. The van der Waals surface area contributed by atoms with E-state index >= 15 is 0 Å². The van der Waals surface area contributed by atoms with Gasteiger partial charge in [-0.3, -0.25) is 9.59 Å². The van der Waals surface area contributed by atoms with Gasteiger partial charge in [-0.05, 0) is 30.2 Å². The van der Waals surface area contributed by atoms with Crippen LogP contribution < -0.4 is 5.32 Å². The van der Waals surface area contributed by atoms with Gasteiger partial charge in [0.15, 0.2) is 0 Å². The minimum Gasteiger partial charge on any atom is -0.324 e. The second-order valence-electron chi connectivity index (χ2n) is 6.81. The van der Waals surface area contributed by atoms with Gasteiger partial charge in [0.25, 0.3) is 0 Å². The van der Waals surface area contributed by atoms with E-state index in [0.717, 1.165) is 17.7 Å². The molecule has 28 heavy (non-hydrogen) atoms. The third kappa shape index (κ3) is 3.15. The number of amides is 2. The van der Waals surface area contributed by atoms with Crippen LogP contribution in [0.3, 0.4) is 0 Å². The van der Waals surface area contributed by atoms with Gasteiger partial charge in [0.2, 0.25) is 11.8 Å². The highest BCUT2D eigenvalue weighted by Gasteiger charge is 2.56. The van der Waals surface area contributed by atoms with E-state index in [1.165, 1.54) is 23.9 Å². The highest BCUT2D eigenvalue weighted by Crippen LogP contribution is 2.54. The van der Waals surface area contributed by atoms with E-state index in [4.69, 9.17) is 0 Å². The fourth-order valence-electron chi connectivity index (χ4n) is 3.83. The van der Waals surface area contributed by atoms with E-state index in [1.807, 2.05) is 30.3 Å². The van der Waals surface area contributed by atoms with E-state index in [1.54, 1.807) is 4.90 Å². The van der Waals surface area contributed by atoms with Crippen molar-refractivity contribution in [3.8, 4) is 0 Å². The average Bonchev–Trinajstić information content (AvgIpc) is 3.21. The first-order chi connectivity index (χ1) is 13.3. The highest BCUT2D eigenvalue weighted by molar-refractivity contribution is 8.00. The number of rotatable bonds is 3. The molecule has 2 aliphatic rings. The van der Waals surface area contributed by atoms with Gasteiger partial charge in [0.1, 0.15) is 10.9 Å². The molecule has 2 fully saturated rings. The van der Waals surface area contributed by atoms with Crippen molar-refractivity contribution in [1.29, 1.82) is 0 Å². The molecule has 8 heteroatoms. The normalized spacial score (nSPS) is 24.3. The number of carbonyl (C=O) groups excluding carboxylic acids is 2. The van der Waals surface area contributed by atoms with E-state index in [0.29, 0.717) is 18.6 Å². The number of hydrogen-bond acceptors (Lipinski definition) is 3. The number of anilines is 1. The molecule has 2 saturated heterocycles. The number of hydrogen-bond donors (Lipinski definition) is 1. The fraction of sp³-hybridized carbons (Fsp3) is 0.300. The first kappa shape index (κ1) is 18.9. The van der Waals surface area contributed by atoms with E-state index in [9.17, 15) is 22.8 Å². The van der Waals surface area contributed by atoms with Crippen LogP contribution in [-0.2, 0) is 20.6 Å². The highest BCUT2D eigenvalue weighted by atomic mass is 32.2. The molecule has 2 atom stereocenters. The number of halogens is 3. The summed E-state index contributed by atoms with van der Waals surface area (Å²) in [6.45, 7) is 0. The molecule has 4 rings (SSSR count). The maximum Gasteiger partial charge on any atom is 0.416 e. The molecular weight excluding hydrogens is 389 g/mol. The Morgan fingerprint density at radius 3 is 2.61 bits per heavy atom. The van der Waals surface area contributed by atoms with Gasteiger partial charge in [-0.1, -0.05) is 36.4 Å². The third-order valence-corrected chi connectivity index (χ3v) is 6.71. The van der Waals surface area contributed by atoms with Gasteiger partial charge in [-0.2, -0.15) is 13.2 Å². The first-order valence-corrected chi connectivity index (χ1v) is 9.80. The maximum atomic E-state index is 12.9. The molecular formula is C20H17F3N2O2S. The van der Waals surface area contributed by atoms with Crippen molar-refractivity contribution >= 4 is 29.3 Å². The predicted molar refractivity (Wildman–Crippen MR) is 101 cm³/mol. The van der Waals surface area contributed by atoms with Crippen LogP contribution in [0.5, 0.6) is 0 Å². The predicted octanol–water partition coefficient (Wildman–Crippen LogP) is 4.23. The topological polar surface area (TPSA) is 49.4 Å². The molecule has 0 aliphatic carbocycles. The number of benzene rings is 2. The minimum absolute atomic E-state index is 0.0636. The van der Waals surface area contributed by atoms with Crippen molar-refractivity contribution in [2.75, 3.05) is 11.1 Å². The fourth-order valence-corrected chi connectivity index (χ4v) is 5.49. The van der Waals surface area contributed by atoms with Gasteiger partial charge in [-0.15, -0.1) is 11.8 Å². The minimum atomic E-state index is -4.49. The molecule has 0 saturated carbocycles. The molecule has 2 aromatic carbocycles. The Hall–Kier alpha value is -2.48. The Morgan fingerprint density at radius 2 is 1.89 bits per heavy atom. The zero-order valence-corrected chi connectivity index (χ0v) is 15.5. The van der Waals surface area contributed by atoms with E-state index in [-0.39, 0.29) is 11.6 Å². The number of carbonyl (C=O) groups is 2. The lowest BCUT2D eigenvalue weighted by Crippen LogP contribution is -2.48. The zero-order chi connectivity index (χ0) is 19.9. The Bertz CT molecular complexity index is 919. The number of nitrogens with zero attached hydrogens (tertiary/aromatic N) is 1. The standard InChI is InChI=1S/C20H17F3N2O2S/c21-20(22,23)14-7-4-8-15(11-14)24-18(27)16-12-28-19(10-9-17(26)25(16)19)13-5-2-1-3-6-13/h1-8,11,16H,9-10,12H2,(H,24,27)/t16-,19+/m0/s1. The molecule has 0 bridgehead atoms. The summed E-state index contributed by atoms with van der Waals surface area (Å²) in [6, 6.07) is 13.3. The summed E-state index contributed by atoms with van der Waals surface area (Å²) < 4.78 is 38.7. The van der Waals surface area contributed by atoms with Crippen molar-refractivity contribution in [2.45, 2.75) is 29.9 Å². The molecule has 0 unspecified atom stereocenters. The van der Waals surface area contributed by atoms with Crippen LogP contribution in [0.15, 0.2) is 54.6 Å². The molecule has 2 amide bonds. The van der Waals surface area contributed by atoms with Crippen molar-refractivity contribution in [2.24, 2.45) is 0 Å². The summed E-state index contributed by atoms with van der Waals surface area (Å²) in [5, 5.41) is 2.55. The first-order valence-electron chi connectivity index (χ1n) is 8.81. The van der Waals surface area contributed by atoms with Crippen molar-refractivity contribution in [1.82, 2.24) is 4.90 Å². The Balaban J connectivity index is 1.59. The summed E-state index contributed by atoms with van der Waals surface area (Å²) in [6.07, 6.45) is -3.54. The molecule has 2 aliphatic heterocycles. The number of thioether (sulfide) groups is 1. The van der Waals surface area contributed by atoms with Crippen LogP contribution >= 0.6 is 11.8 Å². The van der Waals surface area contributed by atoms with E-state index in [2.05, 4.69) is 5.32 Å². The van der Waals surface area contributed by atoms with Crippen LogP contribution in [0, 0.1) is 0 Å².